The van der Waals surface area contributed by atoms with E-state index in [9.17, 15) is 9.59 Å². The summed E-state index contributed by atoms with van der Waals surface area (Å²) in [6.07, 6.45) is 2.86. The summed E-state index contributed by atoms with van der Waals surface area (Å²) in [4.78, 5) is 30.3. The van der Waals surface area contributed by atoms with Crippen LogP contribution in [0.2, 0.25) is 0 Å². The zero-order valence-electron chi connectivity index (χ0n) is 11.6. The fraction of sp³-hybridized carbons (Fsp3) is 0.500. The van der Waals surface area contributed by atoms with Gasteiger partial charge in [0.15, 0.2) is 0 Å². The molecule has 0 atom stereocenters. The van der Waals surface area contributed by atoms with Crippen LogP contribution in [0.4, 0.5) is 5.69 Å². The maximum absolute atomic E-state index is 12.7. The van der Waals surface area contributed by atoms with E-state index < -0.39 is 5.54 Å². The minimum atomic E-state index is -0.780. The minimum absolute atomic E-state index is 0.0480. The number of carbonyl (C=O) groups is 2. The molecule has 0 aliphatic carbocycles. The van der Waals surface area contributed by atoms with Gasteiger partial charge in [-0.1, -0.05) is 13.8 Å². The molecule has 5 nitrogen and oxygen atoms in total. The van der Waals surface area contributed by atoms with Crippen LogP contribution < -0.4 is 10.2 Å². The predicted octanol–water partition coefficient (Wildman–Crippen LogP) is 1.41. The van der Waals surface area contributed by atoms with Crippen molar-refractivity contribution in [1.82, 2.24) is 10.3 Å². The van der Waals surface area contributed by atoms with Gasteiger partial charge in [-0.15, -0.1) is 0 Å². The van der Waals surface area contributed by atoms with Gasteiger partial charge in [0.25, 0.3) is 5.91 Å². The topological polar surface area (TPSA) is 62.3 Å². The third-order valence-electron chi connectivity index (χ3n) is 3.81. The van der Waals surface area contributed by atoms with Crippen LogP contribution in [-0.2, 0) is 9.59 Å². The molecule has 0 unspecified atom stereocenters. The van der Waals surface area contributed by atoms with Gasteiger partial charge in [-0.3, -0.25) is 19.5 Å². The molecule has 0 radical (unpaired) electrons. The minimum Gasteiger partial charge on any atom is -0.340 e. The van der Waals surface area contributed by atoms with Crippen molar-refractivity contribution >= 4 is 17.5 Å². The first kappa shape index (κ1) is 13.5. The summed E-state index contributed by atoms with van der Waals surface area (Å²) in [5, 5.41) is 2.85. The van der Waals surface area contributed by atoms with Gasteiger partial charge in [-0.25, -0.2) is 0 Å². The Morgan fingerprint density at radius 3 is 2.63 bits per heavy atom. The lowest BCUT2D eigenvalue weighted by atomic mass is 9.88. The largest absolute Gasteiger partial charge is 0.340 e. The number of rotatable bonds is 3. The molecule has 0 spiro atoms. The lowest BCUT2D eigenvalue weighted by molar-refractivity contribution is -0.136. The van der Waals surface area contributed by atoms with Crippen LogP contribution in [0.15, 0.2) is 18.3 Å². The number of nitrogens with zero attached hydrogens (tertiary/aromatic N) is 2. The average molecular weight is 261 g/mol. The van der Waals surface area contributed by atoms with Gasteiger partial charge in [0, 0.05) is 6.20 Å². The number of anilines is 1. The normalized spacial score (nSPS) is 18.4. The molecule has 5 heteroatoms. The molecule has 0 aromatic carbocycles. The van der Waals surface area contributed by atoms with Crippen LogP contribution in [0.1, 0.15) is 32.4 Å². The third-order valence-corrected chi connectivity index (χ3v) is 3.81. The Labute approximate surface area is 113 Å². The molecule has 2 rings (SSSR count). The van der Waals surface area contributed by atoms with Gasteiger partial charge < -0.3 is 5.32 Å². The summed E-state index contributed by atoms with van der Waals surface area (Å²) in [6.45, 7) is 5.74. The number of carbonyl (C=O) groups excluding carboxylic acids is 2. The summed E-state index contributed by atoms with van der Waals surface area (Å²) in [7, 11) is 0. The zero-order valence-corrected chi connectivity index (χ0v) is 11.6. The van der Waals surface area contributed by atoms with Crippen molar-refractivity contribution < 1.29 is 9.59 Å². The van der Waals surface area contributed by atoms with Crippen LogP contribution in [0, 0.1) is 6.92 Å². The van der Waals surface area contributed by atoms with E-state index in [4.69, 9.17) is 0 Å². The van der Waals surface area contributed by atoms with Crippen molar-refractivity contribution in [2.45, 2.75) is 39.2 Å². The van der Waals surface area contributed by atoms with Crippen LogP contribution in [0.5, 0.6) is 0 Å². The van der Waals surface area contributed by atoms with Gasteiger partial charge in [-0.2, -0.15) is 0 Å². The highest BCUT2D eigenvalue weighted by Crippen LogP contribution is 2.27. The maximum Gasteiger partial charge on any atom is 0.253 e. The fourth-order valence-corrected chi connectivity index (χ4v) is 2.52. The number of hydrogen-bond acceptors (Lipinski definition) is 3. The van der Waals surface area contributed by atoms with E-state index in [0.29, 0.717) is 18.5 Å². The second-order valence-corrected chi connectivity index (χ2v) is 4.84. The fourth-order valence-electron chi connectivity index (χ4n) is 2.52. The Hall–Kier alpha value is -1.91. The van der Waals surface area contributed by atoms with Crippen LogP contribution >= 0.6 is 0 Å². The molecule has 0 saturated carbocycles. The van der Waals surface area contributed by atoms with E-state index in [1.807, 2.05) is 26.8 Å². The molecule has 1 aromatic rings. The molecule has 102 valence electrons. The lowest BCUT2D eigenvalue weighted by Crippen LogP contribution is -2.66. The lowest BCUT2D eigenvalue weighted by Gasteiger charge is -2.41. The molecule has 1 fully saturated rings. The molecule has 0 bridgehead atoms. The van der Waals surface area contributed by atoms with Crippen molar-refractivity contribution in [2.24, 2.45) is 0 Å². The average Bonchev–Trinajstić information content (AvgIpc) is 2.42. The van der Waals surface area contributed by atoms with Crippen LogP contribution in [0.25, 0.3) is 0 Å². The Balaban J connectivity index is 2.44. The second-order valence-electron chi connectivity index (χ2n) is 4.84. The van der Waals surface area contributed by atoms with E-state index in [1.54, 1.807) is 17.2 Å². The molecular formula is C14H19N3O2. The number of piperazine rings is 1. The van der Waals surface area contributed by atoms with Crippen molar-refractivity contribution in [2.75, 3.05) is 11.4 Å². The maximum atomic E-state index is 12.7. The van der Waals surface area contributed by atoms with E-state index in [1.165, 1.54) is 0 Å². The summed E-state index contributed by atoms with van der Waals surface area (Å²) >= 11 is 0. The SMILES string of the molecule is CCC1(CC)NC(=O)CN(c2cccnc2C)C1=O. The summed E-state index contributed by atoms with van der Waals surface area (Å²) in [6, 6.07) is 3.61. The Kier molecular flexibility index (Phi) is 3.55. The number of hydrogen-bond donors (Lipinski definition) is 1. The Morgan fingerprint density at radius 1 is 1.37 bits per heavy atom. The number of amides is 2. The highest BCUT2D eigenvalue weighted by atomic mass is 16.2. The van der Waals surface area contributed by atoms with Crippen LogP contribution in [0.3, 0.4) is 0 Å². The summed E-state index contributed by atoms with van der Waals surface area (Å²) in [5.74, 6) is -0.167. The van der Waals surface area contributed by atoms with Crippen molar-refractivity contribution in [3.63, 3.8) is 0 Å². The van der Waals surface area contributed by atoms with E-state index in [2.05, 4.69) is 10.3 Å². The van der Waals surface area contributed by atoms with E-state index in [-0.39, 0.29) is 18.4 Å². The van der Waals surface area contributed by atoms with Gasteiger partial charge in [-0.05, 0) is 31.9 Å². The molecule has 2 amide bonds. The number of aromatic nitrogens is 1. The van der Waals surface area contributed by atoms with Gasteiger partial charge in [0.1, 0.15) is 12.1 Å². The standard InChI is InChI=1S/C14H19N3O2/c1-4-14(5-2)13(19)17(9-12(18)16-14)11-7-6-8-15-10(11)3/h6-8H,4-5,9H2,1-3H3,(H,16,18). The molecule has 1 N–H and O–H groups in total. The van der Waals surface area contributed by atoms with Crippen molar-refractivity contribution in [1.29, 1.82) is 0 Å². The number of aryl methyl sites for hydroxylation is 1. The summed E-state index contributed by atoms with van der Waals surface area (Å²) < 4.78 is 0. The number of pyridine rings is 1. The van der Waals surface area contributed by atoms with Crippen molar-refractivity contribution in [3.8, 4) is 0 Å². The smallest absolute Gasteiger partial charge is 0.253 e. The second kappa shape index (κ2) is 4.99. The molecule has 1 aliphatic heterocycles. The quantitative estimate of drug-likeness (QED) is 0.895. The van der Waals surface area contributed by atoms with Gasteiger partial charge >= 0.3 is 0 Å². The van der Waals surface area contributed by atoms with Crippen molar-refractivity contribution in [3.05, 3.63) is 24.0 Å². The Morgan fingerprint density at radius 2 is 2.05 bits per heavy atom. The monoisotopic (exact) mass is 261 g/mol. The molecule has 1 aromatic heterocycles. The predicted molar refractivity (Wildman–Crippen MR) is 72.8 cm³/mol. The molecule has 19 heavy (non-hydrogen) atoms. The highest BCUT2D eigenvalue weighted by Gasteiger charge is 2.44. The zero-order chi connectivity index (χ0) is 14.0. The van der Waals surface area contributed by atoms with E-state index in [0.717, 1.165) is 5.69 Å². The molecular weight excluding hydrogens is 242 g/mol. The first-order chi connectivity index (χ1) is 9.04. The van der Waals surface area contributed by atoms with Gasteiger partial charge in [0.2, 0.25) is 5.91 Å². The summed E-state index contributed by atoms with van der Waals surface area (Å²) in [5.41, 5.74) is 0.692. The molecule has 2 heterocycles. The van der Waals surface area contributed by atoms with Gasteiger partial charge in [0.05, 0.1) is 11.4 Å². The first-order valence-corrected chi connectivity index (χ1v) is 6.58. The van der Waals surface area contributed by atoms with Crippen LogP contribution in [-0.4, -0.2) is 28.9 Å². The Bertz CT molecular complexity index is 509. The number of nitrogens with one attached hydrogen (secondary N) is 1. The highest BCUT2D eigenvalue weighted by molar-refractivity contribution is 6.09. The third kappa shape index (κ3) is 2.20. The molecule has 1 saturated heterocycles. The molecule has 1 aliphatic rings. The first-order valence-electron chi connectivity index (χ1n) is 6.58. The van der Waals surface area contributed by atoms with E-state index >= 15 is 0 Å².